The van der Waals surface area contributed by atoms with Crippen LogP contribution in [0.2, 0.25) is 0 Å². The lowest BCUT2D eigenvalue weighted by atomic mass is 10.1. The topological polar surface area (TPSA) is 59.7 Å². The van der Waals surface area contributed by atoms with Gasteiger partial charge in [0.2, 0.25) is 0 Å². The Morgan fingerprint density at radius 1 is 0.867 bits per heavy atom. The number of phenols is 1. The van der Waals surface area contributed by atoms with Gasteiger partial charge in [-0.25, -0.2) is 0 Å². The Balaban J connectivity index is 1.56. The molecule has 1 aromatic heterocycles. The Morgan fingerprint density at radius 3 is 2.23 bits per heavy atom. The number of phenolic OH excluding ortho intramolecular Hbond substituents is 1. The quantitative estimate of drug-likeness (QED) is 0.226. The summed E-state index contributed by atoms with van der Waals surface area (Å²) in [4.78, 5) is 12.5. The maximum atomic E-state index is 12.5. The summed E-state index contributed by atoms with van der Waals surface area (Å²) in [5.41, 5.74) is 0.879. The summed E-state index contributed by atoms with van der Waals surface area (Å²) >= 11 is 3.46. The minimum absolute atomic E-state index is 0.112. The Kier molecular flexibility index (Phi) is 8.81. The number of hydrogen-bond donors (Lipinski definition) is 1. The van der Waals surface area contributed by atoms with Gasteiger partial charge in [0.1, 0.15) is 28.2 Å². The number of aromatic hydroxyl groups is 1. The molecule has 0 spiro atoms. The maximum absolute atomic E-state index is 12.5. The van der Waals surface area contributed by atoms with E-state index in [4.69, 9.17) is 9.15 Å². The van der Waals surface area contributed by atoms with Crippen molar-refractivity contribution >= 4 is 26.9 Å². The van der Waals surface area contributed by atoms with Crippen molar-refractivity contribution in [1.29, 1.82) is 0 Å². The van der Waals surface area contributed by atoms with Crippen LogP contribution >= 0.6 is 15.9 Å². The lowest BCUT2D eigenvalue weighted by molar-refractivity contribution is 0.303. The van der Waals surface area contributed by atoms with Crippen LogP contribution in [-0.4, -0.2) is 17.0 Å². The van der Waals surface area contributed by atoms with Crippen LogP contribution in [0.3, 0.4) is 0 Å². The maximum Gasteiger partial charge on any atom is 0.197 e. The SMILES string of the molecule is O=c1cc(-c2ccccc2)oc2cc(OCCCCCCCCCCBr)cc(O)c12. The van der Waals surface area contributed by atoms with Crippen LogP contribution < -0.4 is 10.2 Å². The molecule has 0 aliphatic rings. The van der Waals surface area contributed by atoms with Gasteiger partial charge in [-0.15, -0.1) is 0 Å². The van der Waals surface area contributed by atoms with Gasteiger partial charge in [-0.05, 0) is 12.8 Å². The predicted octanol–water partition coefficient (Wildman–Crippen LogP) is 7.06. The summed E-state index contributed by atoms with van der Waals surface area (Å²) in [5, 5.41) is 11.6. The standard InChI is InChI=1S/C25H29BrO4/c26-14-10-5-3-1-2-4-6-11-15-29-20-16-21(27)25-22(28)18-23(30-24(25)17-20)19-12-8-7-9-13-19/h7-9,12-13,16-18,27H,1-6,10-11,14-15H2. The Hall–Kier alpha value is -2.27. The van der Waals surface area contributed by atoms with E-state index >= 15 is 0 Å². The zero-order valence-electron chi connectivity index (χ0n) is 17.2. The van der Waals surface area contributed by atoms with Gasteiger partial charge in [0.05, 0.1) is 6.61 Å². The van der Waals surface area contributed by atoms with E-state index in [1.165, 1.54) is 50.7 Å². The first-order valence-electron chi connectivity index (χ1n) is 10.7. The molecule has 1 N–H and O–H groups in total. The fourth-order valence-corrected chi connectivity index (χ4v) is 3.92. The van der Waals surface area contributed by atoms with Crippen molar-refractivity contribution in [2.45, 2.75) is 51.4 Å². The third-order valence-electron chi connectivity index (χ3n) is 5.14. The van der Waals surface area contributed by atoms with Gasteiger partial charge < -0.3 is 14.3 Å². The van der Waals surface area contributed by atoms with E-state index < -0.39 is 0 Å². The summed E-state index contributed by atoms with van der Waals surface area (Å²) in [6.45, 7) is 0.580. The fraction of sp³-hybridized carbons (Fsp3) is 0.400. The molecule has 0 aliphatic carbocycles. The third-order valence-corrected chi connectivity index (χ3v) is 5.70. The van der Waals surface area contributed by atoms with Gasteiger partial charge in [-0.1, -0.05) is 84.8 Å². The third kappa shape index (κ3) is 6.36. The highest BCUT2D eigenvalue weighted by atomic mass is 79.9. The Labute approximate surface area is 186 Å². The van der Waals surface area contributed by atoms with Gasteiger partial charge in [0.15, 0.2) is 5.43 Å². The zero-order chi connectivity index (χ0) is 21.2. The lowest BCUT2D eigenvalue weighted by Gasteiger charge is -2.09. The van der Waals surface area contributed by atoms with Crippen molar-refractivity contribution < 1.29 is 14.3 Å². The molecular weight excluding hydrogens is 444 g/mol. The monoisotopic (exact) mass is 472 g/mol. The summed E-state index contributed by atoms with van der Waals surface area (Å²) in [6, 6.07) is 14.0. The van der Waals surface area contributed by atoms with Crippen LogP contribution in [0.1, 0.15) is 51.4 Å². The van der Waals surface area contributed by atoms with Gasteiger partial charge in [0.25, 0.3) is 0 Å². The fourth-order valence-electron chi connectivity index (χ4n) is 3.52. The highest BCUT2D eigenvalue weighted by molar-refractivity contribution is 9.09. The molecule has 3 rings (SSSR count). The van der Waals surface area contributed by atoms with Crippen LogP contribution in [-0.2, 0) is 0 Å². The minimum Gasteiger partial charge on any atom is -0.507 e. The second-order valence-corrected chi connectivity index (χ2v) is 8.32. The van der Waals surface area contributed by atoms with Crippen LogP contribution in [0.15, 0.2) is 57.7 Å². The highest BCUT2D eigenvalue weighted by Crippen LogP contribution is 2.31. The summed E-state index contributed by atoms with van der Waals surface area (Å²) in [7, 11) is 0. The van der Waals surface area contributed by atoms with Crippen LogP contribution in [0.4, 0.5) is 0 Å². The van der Waals surface area contributed by atoms with E-state index in [0.717, 1.165) is 23.7 Å². The molecule has 0 saturated heterocycles. The number of fused-ring (bicyclic) bond motifs is 1. The van der Waals surface area contributed by atoms with Crippen molar-refractivity contribution in [2.75, 3.05) is 11.9 Å². The molecule has 5 heteroatoms. The molecule has 0 unspecified atom stereocenters. The second-order valence-electron chi connectivity index (χ2n) is 7.52. The molecule has 30 heavy (non-hydrogen) atoms. The zero-order valence-corrected chi connectivity index (χ0v) is 18.8. The first-order chi connectivity index (χ1) is 14.7. The van der Waals surface area contributed by atoms with Crippen molar-refractivity contribution in [1.82, 2.24) is 0 Å². The molecule has 0 atom stereocenters. The second kappa shape index (κ2) is 11.8. The molecule has 0 amide bonds. The Morgan fingerprint density at radius 2 is 1.53 bits per heavy atom. The molecule has 1 heterocycles. The lowest BCUT2D eigenvalue weighted by Crippen LogP contribution is -2.02. The van der Waals surface area contributed by atoms with E-state index in [0.29, 0.717) is 23.7 Å². The van der Waals surface area contributed by atoms with E-state index in [1.807, 2.05) is 30.3 Å². The first-order valence-corrected chi connectivity index (χ1v) is 11.9. The van der Waals surface area contributed by atoms with Gasteiger partial charge in [-0.2, -0.15) is 0 Å². The molecular formula is C25H29BrO4. The number of alkyl halides is 1. The predicted molar refractivity (Wildman–Crippen MR) is 126 cm³/mol. The number of hydrogen-bond acceptors (Lipinski definition) is 4. The molecule has 0 bridgehead atoms. The smallest absolute Gasteiger partial charge is 0.197 e. The number of ether oxygens (including phenoxy) is 1. The average molecular weight is 473 g/mol. The minimum atomic E-state index is -0.268. The average Bonchev–Trinajstić information content (AvgIpc) is 2.75. The molecule has 0 radical (unpaired) electrons. The van der Waals surface area contributed by atoms with E-state index in [-0.39, 0.29) is 16.6 Å². The summed E-state index contributed by atoms with van der Waals surface area (Å²) < 4.78 is 11.7. The van der Waals surface area contributed by atoms with E-state index in [9.17, 15) is 9.90 Å². The van der Waals surface area contributed by atoms with Crippen molar-refractivity contribution in [3.8, 4) is 22.8 Å². The Bertz CT molecular complexity index is 982. The summed E-state index contributed by atoms with van der Waals surface area (Å²) in [6.07, 6.45) is 9.77. The molecule has 0 saturated carbocycles. The van der Waals surface area contributed by atoms with E-state index in [2.05, 4.69) is 15.9 Å². The molecule has 0 aliphatic heterocycles. The molecule has 0 fully saturated rings. The normalized spacial score (nSPS) is 11.1. The van der Waals surface area contributed by atoms with Crippen LogP contribution in [0.25, 0.3) is 22.3 Å². The number of unbranched alkanes of at least 4 members (excludes halogenated alkanes) is 7. The number of halogens is 1. The molecule has 3 aromatic rings. The van der Waals surface area contributed by atoms with Crippen LogP contribution in [0.5, 0.6) is 11.5 Å². The summed E-state index contributed by atoms with van der Waals surface area (Å²) in [5.74, 6) is 0.878. The van der Waals surface area contributed by atoms with Gasteiger partial charge in [-0.3, -0.25) is 4.79 Å². The van der Waals surface area contributed by atoms with Crippen molar-refractivity contribution in [3.05, 3.63) is 58.8 Å². The highest BCUT2D eigenvalue weighted by Gasteiger charge is 2.12. The first kappa shape index (κ1) is 22.4. The largest absolute Gasteiger partial charge is 0.507 e. The van der Waals surface area contributed by atoms with Crippen molar-refractivity contribution in [2.24, 2.45) is 0 Å². The molecule has 2 aromatic carbocycles. The van der Waals surface area contributed by atoms with Gasteiger partial charge in [0, 0.05) is 29.1 Å². The molecule has 4 nitrogen and oxygen atoms in total. The van der Waals surface area contributed by atoms with Crippen molar-refractivity contribution in [3.63, 3.8) is 0 Å². The number of rotatable bonds is 12. The van der Waals surface area contributed by atoms with E-state index in [1.54, 1.807) is 6.07 Å². The number of benzene rings is 2. The van der Waals surface area contributed by atoms with Crippen LogP contribution in [0, 0.1) is 0 Å². The molecule has 160 valence electrons. The van der Waals surface area contributed by atoms with Gasteiger partial charge >= 0.3 is 0 Å².